The van der Waals surface area contributed by atoms with Crippen LogP contribution < -0.4 is 4.74 Å². The number of hydrogen-bond donors (Lipinski definition) is 0. The molecule has 0 aromatic heterocycles. The van der Waals surface area contributed by atoms with E-state index in [-0.39, 0.29) is 18.1 Å². The molecule has 110 valence electrons. The molecule has 1 aliphatic heterocycles. The van der Waals surface area contributed by atoms with Gasteiger partial charge >= 0.3 is 0 Å². The van der Waals surface area contributed by atoms with Crippen molar-refractivity contribution in [2.45, 2.75) is 26.1 Å². The van der Waals surface area contributed by atoms with Gasteiger partial charge in [-0.15, -0.1) is 0 Å². The maximum atomic E-state index is 12.7. The van der Waals surface area contributed by atoms with Crippen molar-refractivity contribution in [2.75, 3.05) is 20.2 Å². The number of hydrogen-bond acceptors (Lipinski definition) is 3. The SMILES string of the molecule is COc1cc(I)c(Cl)cc1C(=O)N1C[C@@H](C)O[C@@H](C)C1. The second-order valence-electron chi connectivity index (χ2n) is 4.93. The van der Waals surface area contributed by atoms with Gasteiger partial charge in [0.15, 0.2) is 0 Å². The summed E-state index contributed by atoms with van der Waals surface area (Å²) < 4.78 is 11.8. The molecule has 1 amide bonds. The number of ether oxygens (including phenoxy) is 2. The van der Waals surface area contributed by atoms with Crippen LogP contribution >= 0.6 is 34.2 Å². The van der Waals surface area contributed by atoms with Crippen LogP contribution in [0.3, 0.4) is 0 Å². The normalized spacial score (nSPS) is 22.8. The van der Waals surface area contributed by atoms with Gasteiger partial charge in [-0.2, -0.15) is 0 Å². The lowest BCUT2D eigenvalue weighted by Gasteiger charge is -2.35. The summed E-state index contributed by atoms with van der Waals surface area (Å²) in [5, 5.41) is 0.559. The Morgan fingerprint density at radius 3 is 2.55 bits per heavy atom. The number of nitrogens with zero attached hydrogens (tertiary/aromatic N) is 1. The van der Waals surface area contributed by atoms with E-state index in [4.69, 9.17) is 21.1 Å². The number of rotatable bonds is 2. The summed E-state index contributed by atoms with van der Waals surface area (Å²) in [4.78, 5) is 14.5. The lowest BCUT2D eigenvalue weighted by Crippen LogP contribution is -2.48. The average molecular weight is 410 g/mol. The molecule has 0 saturated carbocycles. The van der Waals surface area contributed by atoms with Gasteiger partial charge in [0.1, 0.15) is 5.75 Å². The molecule has 1 saturated heterocycles. The second-order valence-corrected chi connectivity index (χ2v) is 6.50. The molecular formula is C14H17ClINO3. The molecule has 0 spiro atoms. The third-order valence-electron chi connectivity index (χ3n) is 3.18. The van der Waals surface area contributed by atoms with Gasteiger partial charge in [-0.3, -0.25) is 4.79 Å². The van der Waals surface area contributed by atoms with Crippen molar-refractivity contribution in [3.8, 4) is 5.75 Å². The molecule has 20 heavy (non-hydrogen) atoms. The molecule has 2 atom stereocenters. The molecule has 0 bridgehead atoms. The highest BCUT2D eigenvalue weighted by atomic mass is 127. The number of methoxy groups -OCH3 is 1. The molecule has 4 nitrogen and oxygen atoms in total. The molecule has 1 aliphatic rings. The van der Waals surface area contributed by atoms with Crippen LogP contribution in [-0.2, 0) is 4.74 Å². The van der Waals surface area contributed by atoms with E-state index in [0.717, 1.165) is 3.57 Å². The smallest absolute Gasteiger partial charge is 0.257 e. The third-order valence-corrected chi connectivity index (χ3v) is 4.70. The minimum Gasteiger partial charge on any atom is -0.496 e. The Bertz CT molecular complexity index is 513. The number of carbonyl (C=O) groups is 1. The summed E-state index contributed by atoms with van der Waals surface area (Å²) in [6.07, 6.45) is 0.0704. The third kappa shape index (κ3) is 3.38. The van der Waals surface area contributed by atoms with Gasteiger partial charge in [-0.25, -0.2) is 0 Å². The average Bonchev–Trinajstić information content (AvgIpc) is 2.39. The van der Waals surface area contributed by atoms with Crippen molar-refractivity contribution in [1.29, 1.82) is 0 Å². The minimum absolute atomic E-state index is 0.0352. The van der Waals surface area contributed by atoms with Crippen LogP contribution in [0.1, 0.15) is 24.2 Å². The Morgan fingerprint density at radius 2 is 2.00 bits per heavy atom. The minimum atomic E-state index is -0.0675. The number of amides is 1. The lowest BCUT2D eigenvalue weighted by atomic mass is 10.1. The van der Waals surface area contributed by atoms with Crippen LogP contribution in [0.2, 0.25) is 5.02 Å². The van der Waals surface area contributed by atoms with Crippen molar-refractivity contribution in [1.82, 2.24) is 4.90 Å². The van der Waals surface area contributed by atoms with E-state index in [1.165, 1.54) is 0 Å². The molecule has 0 unspecified atom stereocenters. The maximum absolute atomic E-state index is 12.7. The first-order valence-corrected chi connectivity index (χ1v) is 7.85. The first-order valence-electron chi connectivity index (χ1n) is 6.40. The molecule has 1 aromatic carbocycles. The van der Waals surface area contributed by atoms with E-state index in [0.29, 0.717) is 29.4 Å². The Labute approximate surface area is 137 Å². The van der Waals surface area contributed by atoms with Crippen LogP contribution in [-0.4, -0.2) is 43.2 Å². The highest BCUT2D eigenvalue weighted by molar-refractivity contribution is 14.1. The fourth-order valence-corrected chi connectivity index (χ4v) is 2.98. The highest BCUT2D eigenvalue weighted by Crippen LogP contribution is 2.29. The lowest BCUT2D eigenvalue weighted by molar-refractivity contribution is -0.0586. The van der Waals surface area contributed by atoms with Gasteiger partial charge in [0.2, 0.25) is 0 Å². The van der Waals surface area contributed by atoms with Gasteiger partial charge in [-0.05, 0) is 48.6 Å². The van der Waals surface area contributed by atoms with Crippen molar-refractivity contribution in [3.05, 3.63) is 26.3 Å². The summed E-state index contributed by atoms with van der Waals surface area (Å²) in [7, 11) is 1.56. The fraction of sp³-hybridized carbons (Fsp3) is 0.500. The number of halogens is 2. The number of benzene rings is 1. The van der Waals surface area contributed by atoms with Crippen molar-refractivity contribution < 1.29 is 14.3 Å². The zero-order valence-corrected chi connectivity index (χ0v) is 14.6. The molecule has 1 aromatic rings. The van der Waals surface area contributed by atoms with E-state index in [1.54, 1.807) is 24.1 Å². The standard InChI is InChI=1S/C14H17ClINO3/c1-8-6-17(7-9(2)20-8)14(18)10-4-11(15)12(16)5-13(10)19-3/h4-5,8-9H,6-7H2,1-3H3/t8-,9+. The molecule has 0 radical (unpaired) electrons. The van der Waals surface area contributed by atoms with E-state index >= 15 is 0 Å². The zero-order valence-electron chi connectivity index (χ0n) is 11.7. The zero-order chi connectivity index (χ0) is 14.9. The Hall–Kier alpha value is -0.530. The van der Waals surface area contributed by atoms with E-state index < -0.39 is 0 Å². The molecule has 0 aliphatic carbocycles. The van der Waals surface area contributed by atoms with Crippen molar-refractivity contribution in [3.63, 3.8) is 0 Å². The van der Waals surface area contributed by atoms with Crippen LogP contribution in [0.25, 0.3) is 0 Å². The molecule has 0 N–H and O–H groups in total. The first kappa shape index (κ1) is 15.9. The van der Waals surface area contributed by atoms with Crippen LogP contribution in [0.15, 0.2) is 12.1 Å². The largest absolute Gasteiger partial charge is 0.496 e. The van der Waals surface area contributed by atoms with E-state index in [1.807, 2.05) is 13.8 Å². The molecule has 6 heteroatoms. The number of morpholine rings is 1. The predicted molar refractivity (Wildman–Crippen MR) is 86.6 cm³/mol. The van der Waals surface area contributed by atoms with E-state index in [9.17, 15) is 4.79 Å². The first-order chi connectivity index (χ1) is 9.42. The number of carbonyl (C=O) groups excluding carboxylic acids is 1. The van der Waals surface area contributed by atoms with Crippen LogP contribution in [0, 0.1) is 3.57 Å². The summed E-state index contributed by atoms with van der Waals surface area (Å²) in [6.45, 7) is 5.09. The summed E-state index contributed by atoms with van der Waals surface area (Å²) in [6, 6.07) is 3.46. The van der Waals surface area contributed by atoms with E-state index in [2.05, 4.69) is 22.6 Å². The highest BCUT2D eigenvalue weighted by Gasteiger charge is 2.28. The van der Waals surface area contributed by atoms with Gasteiger partial charge in [0.25, 0.3) is 5.91 Å². The molecule has 2 rings (SSSR count). The molecule has 1 fully saturated rings. The van der Waals surface area contributed by atoms with Crippen molar-refractivity contribution in [2.24, 2.45) is 0 Å². The summed E-state index contributed by atoms with van der Waals surface area (Å²) in [5.41, 5.74) is 0.499. The Kier molecular flexibility index (Phi) is 5.14. The second kappa shape index (κ2) is 6.49. The van der Waals surface area contributed by atoms with Crippen LogP contribution in [0.4, 0.5) is 0 Å². The Morgan fingerprint density at radius 1 is 1.40 bits per heavy atom. The quantitative estimate of drug-likeness (QED) is 0.704. The molecular weight excluding hydrogens is 393 g/mol. The monoisotopic (exact) mass is 409 g/mol. The van der Waals surface area contributed by atoms with Gasteiger partial charge in [-0.1, -0.05) is 11.6 Å². The fourth-order valence-electron chi connectivity index (χ4n) is 2.38. The summed E-state index contributed by atoms with van der Waals surface area (Å²) >= 11 is 8.24. The predicted octanol–water partition coefficient (Wildman–Crippen LogP) is 3.20. The Balaban J connectivity index is 2.31. The van der Waals surface area contributed by atoms with Gasteiger partial charge in [0, 0.05) is 16.7 Å². The van der Waals surface area contributed by atoms with Gasteiger partial charge in [0.05, 0.1) is 29.9 Å². The maximum Gasteiger partial charge on any atom is 0.257 e. The van der Waals surface area contributed by atoms with Crippen molar-refractivity contribution >= 4 is 40.1 Å². The molecule has 1 heterocycles. The van der Waals surface area contributed by atoms with Gasteiger partial charge < -0.3 is 14.4 Å². The summed E-state index contributed by atoms with van der Waals surface area (Å²) in [5.74, 6) is 0.484. The van der Waals surface area contributed by atoms with Crippen LogP contribution in [0.5, 0.6) is 5.75 Å². The topological polar surface area (TPSA) is 38.8 Å².